The molecule has 0 aliphatic heterocycles. The summed E-state index contributed by atoms with van der Waals surface area (Å²) in [6.07, 6.45) is -2.86. The summed E-state index contributed by atoms with van der Waals surface area (Å²) in [6.45, 7) is 0. The third kappa shape index (κ3) is 3.87. The Labute approximate surface area is 161 Å². The minimum absolute atomic E-state index is 0.0326. The summed E-state index contributed by atoms with van der Waals surface area (Å²) in [5, 5.41) is 15.0. The van der Waals surface area contributed by atoms with Crippen LogP contribution in [0.15, 0.2) is 35.1 Å². The zero-order valence-corrected chi connectivity index (χ0v) is 15.1. The van der Waals surface area contributed by atoms with Gasteiger partial charge in [-0.25, -0.2) is 23.1 Å². The number of hydrogen-bond donors (Lipinski definition) is 1. The van der Waals surface area contributed by atoms with E-state index in [-0.39, 0.29) is 39.9 Å². The minimum atomic E-state index is -2.83. The lowest BCUT2D eigenvalue weighted by atomic mass is 10.1. The van der Waals surface area contributed by atoms with E-state index in [1.54, 1.807) is 6.07 Å². The van der Waals surface area contributed by atoms with Gasteiger partial charge in [-0.2, -0.15) is 10.4 Å². The highest BCUT2D eigenvalue weighted by Gasteiger charge is 2.18. The topological polar surface area (TPSA) is 83.7 Å². The Kier molecular flexibility index (Phi) is 5.42. The molecule has 0 bridgehead atoms. The summed E-state index contributed by atoms with van der Waals surface area (Å²) in [6, 6.07) is 7.75. The molecule has 0 atom stereocenters. The average Bonchev–Trinajstić information content (AvgIpc) is 2.99. The minimum Gasteiger partial charge on any atom is -0.453 e. The van der Waals surface area contributed by atoms with Gasteiger partial charge in [0, 0.05) is 19.0 Å². The first kappa shape index (κ1) is 19.5. The van der Waals surface area contributed by atoms with Crippen molar-refractivity contribution in [1.29, 1.82) is 5.26 Å². The van der Waals surface area contributed by atoms with Crippen LogP contribution in [0.3, 0.4) is 0 Å². The Hall–Kier alpha value is -3.25. The molecule has 10 heteroatoms. The molecule has 3 aromatic rings. The Morgan fingerprint density at radius 1 is 1.36 bits per heavy atom. The van der Waals surface area contributed by atoms with Gasteiger partial charge >= 0.3 is 5.69 Å². The van der Waals surface area contributed by atoms with Crippen LogP contribution in [0.4, 0.5) is 13.2 Å². The quantitative estimate of drug-likeness (QED) is 0.689. The highest BCUT2D eigenvalue weighted by Crippen LogP contribution is 2.36. The summed E-state index contributed by atoms with van der Waals surface area (Å²) >= 11 is 6.01. The van der Waals surface area contributed by atoms with Crippen LogP contribution in [0.5, 0.6) is 11.5 Å². The largest absolute Gasteiger partial charge is 0.453 e. The highest BCUT2D eigenvalue weighted by atomic mass is 35.5. The van der Waals surface area contributed by atoms with Crippen LogP contribution in [-0.2, 0) is 13.5 Å². The van der Waals surface area contributed by atoms with Crippen molar-refractivity contribution < 1.29 is 17.9 Å². The second-order valence-electron chi connectivity index (χ2n) is 5.84. The molecule has 1 aromatic heterocycles. The smallest absolute Gasteiger partial charge is 0.343 e. The third-order valence-electron chi connectivity index (χ3n) is 3.98. The molecule has 0 unspecified atom stereocenters. The number of hydrogen-bond acceptors (Lipinski definition) is 4. The lowest BCUT2D eigenvalue weighted by Gasteiger charge is -2.13. The van der Waals surface area contributed by atoms with E-state index in [0.717, 1.165) is 12.1 Å². The van der Waals surface area contributed by atoms with Crippen molar-refractivity contribution in [2.24, 2.45) is 7.05 Å². The predicted molar refractivity (Wildman–Crippen MR) is 94.2 cm³/mol. The Morgan fingerprint density at radius 3 is 2.71 bits per heavy atom. The maximum absolute atomic E-state index is 14.9. The van der Waals surface area contributed by atoms with Crippen LogP contribution in [0.25, 0.3) is 0 Å². The first-order chi connectivity index (χ1) is 13.3. The molecule has 0 saturated carbocycles. The third-order valence-corrected chi connectivity index (χ3v) is 4.28. The number of nitrogens with zero attached hydrogens (tertiary/aromatic N) is 3. The maximum atomic E-state index is 14.9. The van der Waals surface area contributed by atoms with Crippen molar-refractivity contribution in [2.45, 2.75) is 12.8 Å². The molecule has 0 aliphatic rings. The zero-order valence-electron chi connectivity index (χ0n) is 14.3. The molecule has 0 amide bonds. The van der Waals surface area contributed by atoms with Gasteiger partial charge in [-0.15, -0.1) is 0 Å². The summed E-state index contributed by atoms with van der Waals surface area (Å²) < 4.78 is 47.6. The lowest BCUT2D eigenvalue weighted by molar-refractivity contribution is 0.151. The molecule has 1 heterocycles. The summed E-state index contributed by atoms with van der Waals surface area (Å²) in [5.74, 6) is -1.08. The zero-order chi connectivity index (χ0) is 20.4. The van der Waals surface area contributed by atoms with Gasteiger partial charge in [-0.1, -0.05) is 17.7 Å². The number of alkyl halides is 2. The standard InChI is InChI=1S/C18H12ClF3N4O2/c1-26-14(24-25-18(26)27)7-10-2-3-13(19)16(15(10)20)28-12-5-9(8-23)4-11(6-12)17(21)22/h2-6,17H,7H2,1H3,(H,25,27). The average molecular weight is 409 g/mol. The van der Waals surface area contributed by atoms with Gasteiger partial charge in [-0.3, -0.25) is 4.57 Å². The van der Waals surface area contributed by atoms with Crippen molar-refractivity contribution in [3.05, 3.63) is 74.2 Å². The fourth-order valence-corrected chi connectivity index (χ4v) is 2.69. The lowest BCUT2D eigenvalue weighted by Crippen LogP contribution is -2.15. The van der Waals surface area contributed by atoms with Crippen molar-refractivity contribution >= 4 is 11.6 Å². The number of benzene rings is 2. The van der Waals surface area contributed by atoms with Crippen molar-refractivity contribution in [1.82, 2.24) is 14.8 Å². The SMILES string of the molecule is Cn1c(Cc2ccc(Cl)c(Oc3cc(C#N)cc(C(F)F)c3)c2F)n[nH]c1=O. The van der Waals surface area contributed by atoms with E-state index in [1.165, 1.54) is 29.8 Å². The molecule has 1 N–H and O–H groups in total. The molecular formula is C18H12ClF3N4O2. The van der Waals surface area contributed by atoms with E-state index >= 15 is 0 Å². The summed E-state index contributed by atoms with van der Waals surface area (Å²) in [4.78, 5) is 11.4. The van der Waals surface area contributed by atoms with Crippen LogP contribution in [0.1, 0.15) is 28.9 Å². The molecule has 3 rings (SSSR count). The number of H-pyrrole nitrogens is 1. The van der Waals surface area contributed by atoms with Crippen LogP contribution in [0, 0.1) is 17.1 Å². The highest BCUT2D eigenvalue weighted by molar-refractivity contribution is 6.32. The van der Waals surface area contributed by atoms with Gasteiger partial charge in [0.1, 0.15) is 11.6 Å². The predicted octanol–water partition coefficient (Wildman–Crippen LogP) is 4.09. The number of nitriles is 1. The van der Waals surface area contributed by atoms with Gasteiger partial charge in [0.05, 0.1) is 16.7 Å². The fraction of sp³-hybridized carbons (Fsp3) is 0.167. The molecule has 0 radical (unpaired) electrons. The van der Waals surface area contributed by atoms with Crippen LogP contribution in [0.2, 0.25) is 5.02 Å². The number of aromatic amines is 1. The second kappa shape index (κ2) is 7.78. The normalized spacial score (nSPS) is 10.9. The van der Waals surface area contributed by atoms with Crippen molar-refractivity contribution in [3.63, 3.8) is 0 Å². The Bertz CT molecular complexity index is 1130. The van der Waals surface area contributed by atoms with Crippen molar-refractivity contribution in [3.8, 4) is 17.6 Å². The number of ether oxygens (including phenoxy) is 1. The van der Waals surface area contributed by atoms with E-state index in [0.29, 0.717) is 0 Å². The Balaban J connectivity index is 1.99. The Morgan fingerprint density at radius 2 is 2.11 bits per heavy atom. The van der Waals surface area contributed by atoms with E-state index in [4.69, 9.17) is 21.6 Å². The fourth-order valence-electron chi connectivity index (χ4n) is 2.50. The van der Waals surface area contributed by atoms with Gasteiger partial charge in [0.25, 0.3) is 6.43 Å². The molecule has 2 aromatic carbocycles. The van der Waals surface area contributed by atoms with Crippen LogP contribution >= 0.6 is 11.6 Å². The summed E-state index contributed by atoms with van der Waals surface area (Å²) in [5.41, 5.74) is -0.819. The molecule has 0 saturated heterocycles. The second-order valence-corrected chi connectivity index (χ2v) is 6.24. The van der Waals surface area contributed by atoms with Crippen molar-refractivity contribution in [2.75, 3.05) is 0 Å². The van der Waals surface area contributed by atoms with Gasteiger partial charge in [0.2, 0.25) is 0 Å². The first-order valence-corrected chi connectivity index (χ1v) is 8.26. The number of halogens is 4. The molecule has 0 aliphatic carbocycles. The molecule has 0 spiro atoms. The van der Waals surface area contributed by atoms with E-state index in [1.807, 2.05) is 0 Å². The molecular weight excluding hydrogens is 397 g/mol. The molecule has 0 fully saturated rings. The number of nitrogens with one attached hydrogen (secondary N) is 1. The number of rotatable bonds is 5. The van der Waals surface area contributed by atoms with E-state index < -0.39 is 23.5 Å². The van der Waals surface area contributed by atoms with E-state index in [2.05, 4.69) is 10.2 Å². The van der Waals surface area contributed by atoms with Gasteiger partial charge < -0.3 is 4.74 Å². The number of aromatic nitrogens is 3. The maximum Gasteiger partial charge on any atom is 0.343 e. The first-order valence-electron chi connectivity index (χ1n) is 7.88. The molecule has 28 heavy (non-hydrogen) atoms. The van der Waals surface area contributed by atoms with Crippen LogP contribution < -0.4 is 10.4 Å². The summed E-state index contributed by atoms with van der Waals surface area (Å²) in [7, 11) is 1.48. The van der Waals surface area contributed by atoms with Gasteiger partial charge in [0.15, 0.2) is 11.6 Å². The van der Waals surface area contributed by atoms with Gasteiger partial charge in [-0.05, 0) is 29.8 Å². The van der Waals surface area contributed by atoms with Crippen LogP contribution in [-0.4, -0.2) is 14.8 Å². The van der Waals surface area contributed by atoms with E-state index in [9.17, 15) is 18.0 Å². The monoisotopic (exact) mass is 408 g/mol. The molecule has 6 nitrogen and oxygen atoms in total. The molecule has 144 valence electrons.